The normalized spacial score (nSPS) is 30.2. The van der Waals surface area contributed by atoms with E-state index in [1.54, 1.807) is 6.08 Å². The van der Waals surface area contributed by atoms with Crippen molar-refractivity contribution < 1.29 is 89.4 Å². The van der Waals surface area contributed by atoms with Gasteiger partial charge in [-0.2, -0.15) is 0 Å². The van der Waals surface area contributed by atoms with Crippen molar-refractivity contribution >= 4 is 5.91 Å². The van der Waals surface area contributed by atoms with E-state index >= 15 is 0 Å². The first kappa shape index (κ1) is 72.3. The zero-order chi connectivity index (χ0) is 58.3. The summed E-state index contributed by atoms with van der Waals surface area (Å²) < 4.78 is 34.2. The van der Waals surface area contributed by atoms with Crippen LogP contribution in [0.2, 0.25) is 0 Å². The van der Waals surface area contributed by atoms with Gasteiger partial charge in [-0.05, 0) is 44.9 Å². The number of aliphatic hydroxyl groups is 11. The molecule has 3 heterocycles. The third-order valence-corrected chi connectivity index (χ3v) is 15.7. The van der Waals surface area contributed by atoms with Gasteiger partial charge >= 0.3 is 0 Å². The molecule has 0 aromatic heterocycles. The smallest absolute Gasteiger partial charge is 0.220 e. The molecule has 0 aromatic carbocycles. The Labute approximate surface area is 479 Å². The fraction of sp³-hybridized carbons (Fsp3) is 0.885. The standard InChI is InChI=1S/C61H111NO18/c1-3-5-7-9-11-13-15-17-19-21-22-23-25-27-29-31-33-35-37-39-49(67)62-44(45(66)38-36-34-32-30-28-26-24-20-18-16-14-12-10-8-6-4-2)43-75-59-55(73)52(70)57(47(41-64)77-59)80-61-56(74)53(71)58(48(42-65)78-61)79-60-54(72)51(69)50(68)46(40-63)76-60/h18,20,28,30,36,38,44-48,50-61,63-66,68-74H,3-17,19,21-27,29,31-35,37,39-43H2,1-2H3,(H,62,67)/b20-18+,30-28+,38-36+. The van der Waals surface area contributed by atoms with Crippen molar-refractivity contribution in [3.63, 3.8) is 0 Å². The predicted octanol–water partition coefficient (Wildman–Crippen LogP) is 6.10. The number of ether oxygens (including phenoxy) is 6. The Bertz CT molecular complexity index is 1600. The van der Waals surface area contributed by atoms with Crippen molar-refractivity contribution in [3.8, 4) is 0 Å². The maximum Gasteiger partial charge on any atom is 0.220 e. The van der Waals surface area contributed by atoms with Gasteiger partial charge in [0.1, 0.15) is 73.2 Å². The number of nitrogens with one attached hydrogen (secondary N) is 1. The van der Waals surface area contributed by atoms with Gasteiger partial charge in [-0.3, -0.25) is 4.79 Å². The average Bonchev–Trinajstić information content (AvgIpc) is 3.50. The van der Waals surface area contributed by atoms with E-state index in [4.69, 9.17) is 28.4 Å². The molecule has 1 amide bonds. The minimum absolute atomic E-state index is 0.235. The van der Waals surface area contributed by atoms with Gasteiger partial charge < -0.3 is 89.9 Å². The highest BCUT2D eigenvalue weighted by Gasteiger charge is 2.53. The van der Waals surface area contributed by atoms with Crippen molar-refractivity contribution in [2.24, 2.45) is 0 Å². The molecule has 0 aromatic rings. The first-order valence-electron chi connectivity index (χ1n) is 31.2. The van der Waals surface area contributed by atoms with E-state index < -0.39 is 124 Å². The summed E-state index contributed by atoms with van der Waals surface area (Å²) in [5.41, 5.74) is 0. The molecule has 0 spiro atoms. The monoisotopic (exact) mass is 1150 g/mol. The Morgan fingerprint density at radius 2 is 0.800 bits per heavy atom. The van der Waals surface area contributed by atoms with Crippen LogP contribution in [-0.2, 0) is 33.2 Å². The Hall–Kier alpha value is -1.99. The van der Waals surface area contributed by atoms with E-state index in [1.807, 2.05) is 6.08 Å². The van der Waals surface area contributed by atoms with Crippen LogP contribution in [0.1, 0.15) is 213 Å². The summed E-state index contributed by atoms with van der Waals surface area (Å²) in [6, 6.07) is -0.993. The van der Waals surface area contributed by atoms with Crippen LogP contribution in [0.25, 0.3) is 0 Å². The van der Waals surface area contributed by atoms with Crippen molar-refractivity contribution in [1.29, 1.82) is 0 Å². The molecule has 3 fully saturated rings. The van der Waals surface area contributed by atoms with Crippen molar-refractivity contribution in [2.45, 2.75) is 317 Å². The van der Waals surface area contributed by atoms with E-state index in [0.29, 0.717) is 12.8 Å². The second-order valence-corrected chi connectivity index (χ2v) is 22.5. The number of unbranched alkanes of at least 4 members (excludes halogenated alkanes) is 26. The second kappa shape index (κ2) is 44.5. The summed E-state index contributed by atoms with van der Waals surface area (Å²) in [6.45, 7) is 1.69. The summed E-state index contributed by atoms with van der Waals surface area (Å²) in [5.74, 6) is -0.288. The fourth-order valence-electron chi connectivity index (χ4n) is 10.5. The van der Waals surface area contributed by atoms with Gasteiger partial charge in [-0.25, -0.2) is 0 Å². The largest absolute Gasteiger partial charge is 0.394 e. The molecule has 0 aliphatic carbocycles. The molecule has 0 radical (unpaired) electrons. The summed E-state index contributed by atoms with van der Waals surface area (Å²) in [7, 11) is 0. The van der Waals surface area contributed by atoms with Crippen molar-refractivity contribution in [1.82, 2.24) is 5.32 Å². The van der Waals surface area contributed by atoms with Crippen LogP contribution in [0.5, 0.6) is 0 Å². The molecule has 17 atom stereocenters. The summed E-state index contributed by atoms with van der Waals surface area (Å²) in [6.07, 6.45) is 21.2. The Kier molecular flexibility index (Phi) is 40.2. The quantitative estimate of drug-likeness (QED) is 0.0242. The van der Waals surface area contributed by atoms with Crippen LogP contribution in [0.3, 0.4) is 0 Å². The highest BCUT2D eigenvalue weighted by Crippen LogP contribution is 2.33. The molecule has 3 rings (SSSR count). The molecule has 468 valence electrons. The van der Waals surface area contributed by atoms with E-state index in [2.05, 4.69) is 43.5 Å². The SMILES string of the molecule is CCCCCCCC/C=C/CC/C=C/CC/C=C/C(O)C(COC1OC(CO)C(OC2OC(CO)C(OC3OC(CO)C(O)C(O)C3O)C(O)C2O)C(O)C1O)NC(=O)CCCCCCCCCCCCCCCCCCCCC. The summed E-state index contributed by atoms with van der Waals surface area (Å²) in [5, 5.41) is 120. The molecule has 19 heteroatoms. The van der Waals surface area contributed by atoms with E-state index in [0.717, 1.165) is 44.9 Å². The van der Waals surface area contributed by atoms with Gasteiger partial charge in [0.25, 0.3) is 0 Å². The maximum absolute atomic E-state index is 13.3. The molecule has 80 heavy (non-hydrogen) atoms. The molecular formula is C61H111NO18. The van der Waals surface area contributed by atoms with Gasteiger partial charge in [0, 0.05) is 6.42 Å². The molecule has 3 aliphatic rings. The molecule has 17 unspecified atom stereocenters. The van der Waals surface area contributed by atoms with E-state index in [-0.39, 0.29) is 18.9 Å². The fourth-order valence-corrected chi connectivity index (χ4v) is 10.5. The molecule has 0 saturated carbocycles. The maximum atomic E-state index is 13.3. The van der Waals surface area contributed by atoms with E-state index in [9.17, 15) is 61.0 Å². The number of amides is 1. The zero-order valence-corrected chi connectivity index (χ0v) is 48.8. The third-order valence-electron chi connectivity index (χ3n) is 15.7. The molecule has 0 bridgehead atoms. The number of hydrogen-bond acceptors (Lipinski definition) is 18. The molecule has 3 saturated heterocycles. The number of rotatable bonds is 46. The van der Waals surface area contributed by atoms with E-state index in [1.165, 1.54) is 135 Å². The number of allylic oxidation sites excluding steroid dienone is 5. The number of carbonyl (C=O) groups is 1. The molecular weight excluding hydrogens is 1030 g/mol. The van der Waals surface area contributed by atoms with Crippen LogP contribution < -0.4 is 5.32 Å². The topological polar surface area (TPSA) is 307 Å². The van der Waals surface area contributed by atoms with Crippen LogP contribution in [0.15, 0.2) is 36.5 Å². The number of carbonyl (C=O) groups excluding carboxylic acids is 1. The Morgan fingerprint density at radius 3 is 1.25 bits per heavy atom. The van der Waals surface area contributed by atoms with Crippen LogP contribution in [0.4, 0.5) is 0 Å². The van der Waals surface area contributed by atoms with Crippen molar-refractivity contribution in [3.05, 3.63) is 36.5 Å². The first-order chi connectivity index (χ1) is 38.8. The first-order valence-corrected chi connectivity index (χ1v) is 31.2. The number of aliphatic hydroxyl groups excluding tert-OH is 11. The second-order valence-electron chi connectivity index (χ2n) is 22.5. The summed E-state index contributed by atoms with van der Waals surface area (Å²) >= 11 is 0. The van der Waals surface area contributed by atoms with Gasteiger partial charge in [0.2, 0.25) is 5.91 Å². The van der Waals surface area contributed by atoms with Gasteiger partial charge in [-0.1, -0.05) is 198 Å². The van der Waals surface area contributed by atoms with Crippen LogP contribution >= 0.6 is 0 Å². The third kappa shape index (κ3) is 27.8. The van der Waals surface area contributed by atoms with Crippen molar-refractivity contribution in [2.75, 3.05) is 26.4 Å². The molecule has 3 aliphatic heterocycles. The lowest BCUT2D eigenvalue weighted by atomic mass is 9.96. The van der Waals surface area contributed by atoms with Crippen LogP contribution in [-0.4, -0.2) is 193 Å². The lowest BCUT2D eigenvalue weighted by molar-refractivity contribution is -0.379. The Morgan fingerprint density at radius 1 is 0.438 bits per heavy atom. The summed E-state index contributed by atoms with van der Waals surface area (Å²) in [4.78, 5) is 13.3. The average molecular weight is 1150 g/mol. The predicted molar refractivity (Wildman–Crippen MR) is 305 cm³/mol. The highest BCUT2D eigenvalue weighted by molar-refractivity contribution is 5.76. The minimum Gasteiger partial charge on any atom is -0.394 e. The lowest BCUT2D eigenvalue weighted by Gasteiger charge is -2.48. The molecule has 19 nitrogen and oxygen atoms in total. The van der Waals surface area contributed by atoms with Gasteiger partial charge in [0.15, 0.2) is 18.9 Å². The minimum atomic E-state index is -1.98. The molecule has 12 N–H and O–H groups in total. The highest BCUT2D eigenvalue weighted by atomic mass is 16.8. The Balaban J connectivity index is 1.50. The van der Waals surface area contributed by atoms with Gasteiger partial charge in [-0.15, -0.1) is 0 Å². The number of hydrogen-bond donors (Lipinski definition) is 12. The van der Waals surface area contributed by atoms with Gasteiger partial charge in [0.05, 0.1) is 38.6 Å². The zero-order valence-electron chi connectivity index (χ0n) is 48.8. The lowest BCUT2D eigenvalue weighted by Crippen LogP contribution is -2.66. The van der Waals surface area contributed by atoms with Crippen LogP contribution in [0, 0.1) is 0 Å².